The summed E-state index contributed by atoms with van der Waals surface area (Å²) in [6.07, 6.45) is 0.689. The third-order valence-electron chi connectivity index (χ3n) is 4.59. The molecule has 2 fully saturated rings. The molecule has 0 radical (unpaired) electrons. The lowest BCUT2D eigenvalue weighted by molar-refractivity contribution is -0.135. The molecule has 0 saturated carbocycles. The first-order chi connectivity index (χ1) is 11.8. The summed E-state index contributed by atoms with van der Waals surface area (Å²) in [7, 11) is -2.88. The van der Waals surface area contributed by atoms with Crippen molar-refractivity contribution in [3.63, 3.8) is 0 Å². The van der Waals surface area contributed by atoms with E-state index in [0.717, 1.165) is 0 Å². The van der Waals surface area contributed by atoms with Gasteiger partial charge in [0.2, 0.25) is 0 Å². The Kier molecular flexibility index (Phi) is 5.78. The Labute approximate surface area is 157 Å². The van der Waals surface area contributed by atoms with E-state index in [9.17, 15) is 13.2 Å². The van der Waals surface area contributed by atoms with E-state index in [1.54, 1.807) is 23.1 Å². The predicted octanol–water partition coefficient (Wildman–Crippen LogP) is 1.70. The van der Waals surface area contributed by atoms with E-state index < -0.39 is 9.84 Å². The fourth-order valence-electron chi connectivity index (χ4n) is 3.25. The molecule has 0 spiro atoms. The van der Waals surface area contributed by atoms with Gasteiger partial charge in [0.25, 0.3) is 5.91 Å². The van der Waals surface area contributed by atoms with E-state index in [2.05, 4.69) is 4.90 Å². The van der Waals surface area contributed by atoms with Gasteiger partial charge >= 0.3 is 0 Å². The highest BCUT2D eigenvalue weighted by Crippen LogP contribution is 2.24. The Morgan fingerprint density at radius 2 is 1.76 bits per heavy atom. The van der Waals surface area contributed by atoms with Crippen molar-refractivity contribution < 1.29 is 17.9 Å². The number of nitrogens with zero attached hydrogens (tertiary/aromatic N) is 2. The second-order valence-electron chi connectivity index (χ2n) is 6.37. The van der Waals surface area contributed by atoms with Crippen LogP contribution in [0, 0.1) is 0 Å². The molecule has 6 nitrogen and oxygen atoms in total. The van der Waals surface area contributed by atoms with Crippen LogP contribution in [0.3, 0.4) is 0 Å². The van der Waals surface area contributed by atoms with Gasteiger partial charge in [0.05, 0.1) is 11.5 Å². The average Bonchev–Trinajstić information content (AvgIpc) is 2.92. The smallest absolute Gasteiger partial charge is 0.260 e. The lowest BCUT2D eigenvalue weighted by atomic mass is 10.2. The molecule has 1 aromatic carbocycles. The topological polar surface area (TPSA) is 66.9 Å². The number of hydrogen-bond donors (Lipinski definition) is 0. The maximum Gasteiger partial charge on any atom is 0.260 e. The average molecular weight is 407 g/mol. The zero-order valence-corrected chi connectivity index (χ0v) is 16.0. The minimum Gasteiger partial charge on any atom is -0.484 e. The predicted molar refractivity (Wildman–Crippen MR) is 97.2 cm³/mol. The number of benzene rings is 1. The molecule has 138 valence electrons. The molecule has 2 aliphatic heterocycles. The number of amides is 1. The molecule has 1 amide bonds. The molecular weight excluding hydrogens is 387 g/mol. The van der Waals surface area contributed by atoms with Gasteiger partial charge in [0.1, 0.15) is 5.75 Å². The maximum absolute atomic E-state index is 12.3. The van der Waals surface area contributed by atoms with Gasteiger partial charge < -0.3 is 9.64 Å². The minimum absolute atomic E-state index is 0.0749. The quantitative estimate of drug-likeness (QED) is 0.760. The highest BCUT2D eigenvalue weighted by molar-refractivity contribution is 7.91. The van der Waals surface area contributed by atoms with Gasteiger partial charge in [-0.25, -0.2) is 8.42 Å². The summed E-state index contributed by atoms with van der Waals surface area (Å²) in [6, 6.07) is 4.91. The molecule has 0 aliphatic carbocycles. The van der Waals surface area contributed by atoms with Crippen molar-refractivity contribution in [2.75, 3.05) is 44.3 Å². The summed E-state index contributed by atoms with van der Waals surface area (Å²) in [5.41, 5.74) is 0. The van der Waals surface area contributed by atoms with Crippen LogP contribution in [0.15, 0.2) is 18.2 Å². The Bertz CT molecular complexity index is 728. The third-order valence-corrected chi connectivity index (χ3v) is 6.78. The number of carbonyl (C=O) groups is 1. The zero-order chi connectivity index (χ0) is 18.0. The molecule has 1 aromatic rings. The summed E-state index contributed by atoms with van der Waals surface area (Å²) in [4.78, 5) is 16.2. The fourth-order valence-corrected chi connectivity index (χ4v) is 5.52. The van der Waals surface area contributed by atoms with Gasteiger partial charge in [0.15, 0.2) is 16.4 Å². The van der Waals surface area contributed by atoms with Crippen molar-refractivity contribution in [1.29, 1.82) is 0 Å². The highest BCUT2D eigenvalue weighted by atomic mass is 35.5. The van der Waals surface area contributed by atoms with E-state index >= 15 is 0 Å². The van der Waals surface area contributed by atoms with E-state index in [0.29, 0.717) is 48.4 Å². The zero-order valence-electron chi connectivity index (χ0n) is 13.7. The van der Waals surface area contributed by atoms with E-state index in [4.69, 9.17) is 27.9 Å². The summed E-state index contributed by atoms with van der Waals surface area (Å²) >= 11 is 11.8. The van der Waals surface area contributed by atoms with Gasteiger partial charge in [-0.1, -0.05) is 23.2 Å². The Morgan fingerprint density at radius 3 is 2.32 bits per heavy atom. The first kappa shape index (κ1) is 18.8. The lowest BCUT2D eigenvalue weighted by Gasteiger charge is -2.37. The fraction of sp³-hybridized carbons (Fsp3) is 0.562. The summed E-state index contributed by atoms with van der Waals surface area (Å²) < 4.78 is 28.7. The third kappa shape index (κ3) is 5.00. The van der Waals surface area contributed by atoms with Crippen molar-refractivity contribution in [2.24, 2.45) is 0 Å². The number of ether oxygens (including phenoxy) is 1. The summed E-state index contributed by atoms with van der Waals surface area (Å²) in [6.45, 7) is 2.46. The Morgan fingerprint density at radius 1 is 1.12 bits per heavy atom. The molecule has 0 bridgehead atoms. The molecule has 9 heteroatoms. The normalized spacial score (nSPS) is 23.6. The van der Waals surface area contributed by atoms with Gasteiger partial charge in [-0.15, -0.1) is 0 Å². The molecule has 0 unspecified atom stereocenters. The van der Waals surface area contributed by atoms with E-state index in [1.165, 1.54) is 0 Å². The largest absolute Gasteiger partial charge is 0.484 e. The number of carbonyl (C=O) groups excluding carboxylic acids is 1. The van der Waals surface area contributed by atoms with E-state index in [1.807, 2.05) is 0 Å². The monoisotopic (exact) mass is 406 g/mol. The number of halogens is 2. The Hall–Kier alpha value is -1.02. The molecular formula is C16H20Cl2N2O4S. The van der Waals surface area contributed by atoms with Crippen LogP contribution in [0.2, 0.25) is 10.0 Å². The molecule has 2 aliphatic rings. The molecule has 2 saturated heterocycles. The van der Waals surface area contributed by atoms with Crippen molar-refractivity contribution in [3.8, 4) is 5.75 Å². The van der Waals surface area contributed by atoms with Crippen molar-refractivity contribution in [3.05, 3.63) is 28.2 Å². The second-order valence-corrected chi connectivity index (χ2v) is 9.47. The number of piperazine rings is 1. The lowest BCUT2D eigenvalue weighted by Crippen LogP contribution is -2.53. The SMILES string of the molecule is O=C(COc1cc(Cl)cc(Cl)c1)N1CCN([C@H]2CCS(=O)(=O)C2)CC1. The van der Waals surface area contributed by atoms with Crippen molar-refractivity contribution in [1.82, 2.24) is 9.80 Å². The minimum atomic E-state index is -2.88. The van der Waals surface area contributed by atoms with Gasteiger partial charge in [0, 0.05) is 42.3 Å². The van der Waals surface area contributed by atoms with Crippen LogP contribution >= 0.6 is 23.2 Å². The van der Waals surface area contributed by atoms with Crippen LogP contribution in [0.25, 0.3) is 0 Å². The van der Waals surface area contributed by atoms with Gasteiger partial charge in [-0.05, 0) is 24.6 Å². The number of hydrogen-bond acceptors (Lipinski definition) is 5. The van der Waals surface area contributed by atoms with Crippen LogP contribution in [0.4, 0.5) is 0 Å². The summed E-state index contributed by atoms with van der Waals surface area (Å²) in [5, 5.41) is 0.908. The van der Waals surface area contributed by atoms with Crippen LogP contribution in [-0.4, -0.2) is 74.5 Å². The second kappa shape index (κ2) is 7.70. The van der Waals surface area contributed by atoms with Crippen LogP contribution < -0.4 is 4.74 Å². The summed E-state index contributed by atoms with van der Waals surface area (Å²) in [5.74, 6) is 0.863. The molecule has 1 atom stereocenters. The molecule has 2 heterocycles. The van der Waals surface area contributed by atoms with Gasteiger partial charge in [-0.3, -0.25) is 9.69 Å². The van der Waals surface area contributed by atoms with E-state index in [-0.39, 0.29) is 30.1 Å². The number of rotatable bonds is 4. The molecule has 3 rings (SSSR count). The first-order valence-electron chi connectivity index (χ1n) is 8.13. The molecule has 0 aromatic heterocycles. The maximum atomic E-state index is 12.3. The Balaban J connectivity index is 1.47. The molecule has 25 heavy (non-hydrogen) atoms. The van der Waals surface area contributed by atoms with Crippen LogP contribution in [0.1, 0.15) is 6.42 Å². The number of sulfone groups is 1. The van der Waals surface area contributed by atoms with Crippen LogP contribution in [0.5, 0.6) is 5.75 Å². The highest BCUT2D eigenvalue weighted by Gasteiger charge is 2.34. The van der Waals surface area contributed by atoms with Crippen molar-refractivity contribution >= 4 is 38.9 Å². The van der Waals surface area contributed by atoms with Crippen LogP contribution in [-0.2, 0) is 14.6 Å². The molecule has 0 N–H and O–H groups in total. The standard InChI is InChI=1S/C16H20Cl2N2O4S/c17-12-7-13(18)9-15(8-12)24-10-16(21)20-4-2-19(3-5-20)14-1-6-25(22,23)11-14/h7-9,14H,1-6,10-11H2/t14-/m0/s1. The first-order valence-corrected chi connectivity index (χ1v) is 10.7. The van der Waals surface area contributed by atoms with Crippen molar-refractivity contribution in [2.45, 2.75) is 12.5 Å². The van der Waals surface area contributed by atoms with Gasteiger partial charge in [-0.2, -0.15) is 0 Å².